The Bertz CT molecular complexity index is 595. The highest BCUT2D eigenvalue weighted by Gasteiger charge is 2.14. The van der Waals surface area contributed by atoms with Gasteiger partial charge >= 0.3 is 0 Å². The molecule has 1 aromatic heterocycles. The Morgan fingerprint density at radius 2 is 2.14 bits per heavy atom. The predicted octanol–water partition coefficient (Wildman–Crippen LogP) is 0.312. The number of phenolic OH excluding ortho intramolecular Hbond substituents is 1. The van der Waals surface area contributed by atoms with Crippen molar-refractivity contribution in [3.63, 3.8) is 0 Å². The van der Waals surface area contributed by atoms with Crippen LogP contribution in [0.15, 0.2) is 28.8 Å². The highest BCUT2D eigenvalue weighted by molar-refractivity contribution is 5.81. The molecule has 1 heterocycles. The number of nitrogens with one attached hydrogen (secondary N) is 1. The average molecular weight is 290 g/mol. The number of aromatic hydroxyl groups is 1. The summed E-state index contributed by atoms with van der Waals surface area (Å²) in [6.07, 6.45) is 0.905. The summed E-state index contributed by atoms with van der Waals surface area (Å²) in [6, 6.07) is 5.98. The number of nitrogens with zero attached hydrogens (tertiary/aromatic N) is 2. The molecule has 0 saturated heterocycles. The van der Waals surface area contributed by atoms with Crippen LogP contribution in [0.2, 0.25) is 0 Å². The first kappa shape index (κ1) is 15.0. The maximum atomic E-state index is 11.9. The molecule has 0 aliphatic heterocycles. The first-order valence-corrected chi connectivity index (χ1v) is 6.65. The Kier molecular flexibility index (Phi) is 4.89. The van der Waals surface area contributed by atoms with E-state index in [-0.39, 0.29) is 11.7 Å². The second kappa shape index (κ2) is 6.85. The van der Waals surface area contributed by atoms with Gasteiger partial charge in [-0.1, -0.05) is 17.3 Å². The van der Waals surface area contributed by atoms with Crippen LogP contribution in [-0.2, 0) is 17.6 Å². The van der Waals surface area contributed by atoms with Gasteiger partial charge in [-0.15, -0.1) is 0 Å². The maximum absolute atomic E-state index is 11.9. The van der Waals surface area contributed by atoms with Crippen molar-refractivity contribution in [1.82, 2.24) is 15.5 Å². The summed E-state index contributed by atoms with van der Waals surface area (Å²) in [7, 11) is 0. The van der Waals surface area contributed by atoms with E-state index in [0.29, 0.717) is 31.1 Å². The molecule has 112 valence electrons. The van der Waals surface area contributed by atoms with E-state index in [4.69, 9.17) is 10.3 Å². The lowest BCUT2D eigenvalue weighted by atomic mass is 10.1. The Hall–Kier alpha value is -2.41. The van der Waals surface area contributed by atoms with Gasteiger partial charge in [-0.05, 0) is 24.1 Å². The molecule has 1 aromatic carbocycles. The molecule has 2 aromatic rings. The number of benzene rings is 1. The van der Waals surface area contributed by atoms with Crippen LogP contribution in [0, 0.1) is 6.92 Å². The number of nitrogens with two attached hydrogens (primary N) is 1. The van der Waals surface area contributed by atoms with Crippen molar-refractivity contribution in [2.45, 2.75) is 25.8 Å². The lowest BCUT2D eigenvalue weighted by Gasteiger charge is -2.11. The van der Waals surface area contributed by atoms with Gasteiger partial charge in [0.25, 0.3) is 0 Å². The fourth-order valence-electron chi connectivity index (χ4n) is 1.85. The minimum atomic E-state index is -0.637. The quantitative estimate of drug-likeness (QED) is 0.705. The average Bonchev–Trinajstić information content (AvgIpc) is 2.87. The predicted molar refractivity (Wildman–Crippen MR) is 75.5 cm³/mol. The third-order valence-corrected chi connectivity index (χ3v) is 2.95. The Morgan fingerprint density at radius 1 is 1.43 bits per heavy atom. The lowest BCUT2D eigenvalue weighted by Crippen LogP contribution is -2.42. The number of amides is 1. The molecule has 0 spiro atoms. The summed E-state index contributed by atoms with van der Waals surface area (Å²) in [4.78, 5) is 15.9. The van der Waals surface area contributed by atoms with E-state index in [1.807, 2.05) is 0 Å². The molecule has 0 saturated carbocycles. The maximum Gasteiger partial charge on any atom is 0.237 e. The van der Waals surface area contributed by atoms with Crippen molar-refractivity contribution < 1.29 is 14.4 Å². The molecule has 7 heteroatoms. The second-order valence-electron chi connectivity index (χ2n) is 4.75. The smallest absolute Gasteiger partial charge is 0.237 e. The summed E-state index contributed by atoms with van der Waals surface area (Å²) in [5, 5.41) is 15.7. The fraction of sp³-hybridized carbons (Fsp3) is 0.357. The normalized spacial score (nSPS) is 12.1. The largest absolute Gasteiger partial charge is 0.508 e. The molecule has 0 radical (unpaired) electrons. The summed E-state index contributed by atoms with van der Waals surface area (Å²) in [5.74, 6) is 1.01. The summed E-state index contributed by atoms with van der Waals surface area (Å²) in [6.45, 7) is 2.11. The highest BCUT2D eigenvalue weighted by Crippen LogP contribution is 2.10. The van der Waals surface area contributed by atoms with Gasteiger partial charge < -0.3 is 20.7 Å². The van der Waals surface area contributed by atoms with Gasteiger partial charge in [0.05, 0.1) is 6.04 Å². The van der Waals surface area contributed by atoms with Gasteiger partial charge in [-0.25, -0.2) is 0 Å². The van der Waals surface area contributed by atoms with Crippen LogP contribution in [0.1, 0.15) is 17.3 Å². The summed E-state index contributed by atoms with van der Waals surface area (Å²) in [5.41, 5.74) is 6.74. The van der Waals surface area contributed by atoms with Crippen LogP contribution >= 0.6 is 0 Å². The van der Waals surface area contributed by atoms with Crippen molar-refractivity contribution in [3.05, 3.63) is 41.5 Å². The number of carbonyl (C=O) groups is 1. The van der Waals surface area contributed by atoms with Crippen molar-refractivity contribution in [2.24, 2.45) is 5.73 Å². The van der Waals surface area contributed by atoms with E-state index >= 15 is 0 Å². The van der Waals surface area contributed by atoms with E-state index in [0.717, 1.165) is 5.56 Å². The number of aryl methyl sites for hydroxylation is 1. The fourth-order valence-corrected chi connectivity index (χ4v) is 1.85. The van der Waals surface area contributed by atoms with Gasteiger partial charge in [-0.3, -0.25) is 4.79 Å². The topological polar surface area (TPSA) is 114 Å². The Morgan fingerprint density at radius 3 is 2.76 bits per heavy atom. The van der Waals surface area contributed by atoms with E-state index in [1.165, 1.54) is 0 Å². The summed E-state index contributed by atoms with van der Waals surface area (Å²) >= 11 is 0. The molecule has 1 amide bonds. The number of hydrogen-bond donors (Lipinski definition) is 3. The third kappa shape index (κ3) is 4.57. The standard InChI is InChI=1S/C14H18N4O3/c1-9-17-13(18-21-9)6-7-16-14(20)12(15)8-10-2-4-11(19)5-3-10/h2-5,12,19H,6-8,15H2,1H3,(H,16,20)/t12-/m0/s1. The van der Waals surface area contributed by atoms with Crippen LogP contribution in [-0.4, -0.2) is 33.7 Å². The SMILES string of the molecule is Cc1nc(CCNC(=O)[C@@H](N)Cc2ccc(O)cc2)no1. The van der Waals surface area contributed by atoms with Crippen LogP contribution in [0.3, 0.4) is 0 Å². The number of aromatic nitrogens is 2. The van der Waals surface area contributed by atoms with Crippen molar-refractivity contribution in [1.29, 1.82) is 0 Å². The number of carbonyl (C=O) groups excluding carboxylic acids is 1. The monoisotopic (exact) mass is 290 g/mol. The second-order valence-corrected chi connectivity index (χ2v) is 4.75. The Labute approximate surface area is 122 Å². The molecule has 21 heavy (non-hydrogen) atoms. The number of rotatable bonds is 6. The minimum absolute atomic E-state index is 0.187. The molecule has 7 nitrogen and oxygen atoms in total. The zero-order valence-electron chi connectivity index (χ0n) is 11.7. The Balaban J connectivity index is 1.75. The van der Waals surface area contributed by atoms with Crippen LogP contribution in [0.4, 0.5) is 0 Å². The van der Waals surface area contributed by atoms with Gasteiger partial charge in [-0.2, -0.15) is 4.98 Å². The number of hydrogen-bond acceptors (Lipinski definition) is 6. The molecule has 0 aliphatic rings. The van der Waals surface area contributed by atoms with E-state index in [9.17, 15) is 9.90 Å². The van der Waals surface area contributed by atoms with Crippen LogP contribution < -0.4 is 11.1 Å². The molecule has 2 rings (SSSR count). The molecule has 1 atom stereocenters. The van der Waals surface area contributed by atoms with Crippen molar-refractivity contribution in [3.8, 4) is 5.75 Å². The minimum Gasteiger partial charge on any atom is -0.508 e. The molecule has 0 unspecified atom stereocenters. The van der Waals surface area contributed by atoms with E-state index in [1.54, 1.807) is 31.2 Å². The zero-order valence-corrected chi connectivity index (χ0v) is 11.7. The molecular formula is C14H18N4O3. The molecule has 4 N–H and O–H groups in total. The van der Waals surface area contributed by atoms with Gasteiger partial charge in [0.1, 0.15) is 5.75 Å². The molecule has 0 fully saturated rings. The molecular weight excluding hydrogens is 272 g/mol. The van der Waals surface area contributed by atoms with Crippen LogP contribution in [0.5, 0.6) is 5.75 Å². The molecule has 0 aliphatic carbocycles. The van der Waals surface area contributed by atoms with Gasteiger partial charge in [0.2, 0.25) is 11.8 Å². The van der Waals surface area contributed by atoms with Crippen LogP contribution in [0.25, 0.3) is 0 Å². The summed E-state index contributed by atoms with van der Waals surface area (Å²) < 4.78 is 4.84. The zero-order chi connectivity index (χ0) is 15.2. The number of phenols is 1. The van der Waals surface area contributed by atoms with E-state index in [2.05, 4.69) is 15.5 Å². The highest BCUT2D eigenvalue weighted by atomic mass is 16.5. The van der Waals surface area contributed by atoms with Gasteiger partial charge in [0, 0.05) is 19.9 Å². The third-order valence-electron chi connectivity index (χ3n) is 2.95. The van der Waals surface area contributed by atoms with Crippen molar-refractivity contribution >= 4 is 5.91 Å². The van der Waals surface area contributed by atoms with Gasteiger partial charge in [0.15, 0.2) is 5.82 Å². The first-order chi connectivity index (χ1) is 10.0. The van der Waals surface area contributed by atoms with Crippen molar-refractivity contribution in [2.75, 3.05) is 6.54 Å². The molecule has 0 bridgehead atoms. The lowest BCUT2D eigenvalue weighted by molar-refractivity contribution is -0.122. The van der Waals surface area contributed by atoms with E-state index < -0.39 is 6.04 Å². The first-order valence-electron chi connectivity index (χ1n) is 6.65.